The lowest BCUT2D eigenvalue weighted by molar-refractivity contribution is -0.142. The van der Waals surface area contributed by atoms with Crippen LogP contribution in [0.1, 0.15) is 65.7 Å². The van der Waals surface area contributed by atoms with E-state index in [9.17, 15) is 32.7 Å². The number of allylic oxidation sites excluding steroid dienone is 1. The third-order valence-electron chi connectivity index (χ3n) is 11.1. The van der Waals surface area contributed by atoms with Crippen molar-refractivity contribution in [1.82, 2.24) is 25.2 Å². The van der Waals surface area contributed by atoms with Crippen molar-refractivity contribution in [2.24, 2.45) is 17.8 Å². The number of benzene rings is 1. The summed E-state index contributed by atoms with van der Waals surface area (Å²) < 4.78 is 44.7. The molecule has 2 saturated carbocycles. The molecule has 52 heavy (non-hydrogen) atoms. The minimum Gasteiger partial charge on any atom is -0.497 e. The number of nitrogens with zero attached hydrogens (tertiary/aromatic N) is 2. The molecule has 0 spiro atoms. The topological polar surface area (TPSA) is 203 Å². The molecule has 0 unspecified atom stereocenters. The van der Waals surface area contributed by atoms with Crippen molar-refractivity contribution in [1.29, 1.82) is 0 Å². The Bertz CT molecular complexity index is 1900. The van der Waals surface area contributed by atoms with Crippen molar-refractivity contribution in [3.8, 4) is 17.4 Å². The predicted octanol–water partition coefficient (Wildman–Crippen LogP) is 3.12. The summed E-state index contributed by atoms with van der Waals surface area (Å²) in [5, 5.41) is 16.2. The summed E-state index contributed by atoms with van der Waals surface area (Å²) in [5.41, 5.74) is -1.56. The molecular formula is C36H47N5O10S. The molecule has 15 nitrogen and oxygen atoms in total. The normalized spacial score (nSPS) is 30.8. The summed E-state index contributed by atoms with van der Waals surface area (Å²) >= 11 is 0. The van der Waals surface area contributed by atoms with Crippen molar-refractivity contribution >= 4 is 44.6 Å². The second-order valence-corrected chi connectivity index (χ2v) is 17.1. The van der Waals surface area contributed by atoms with E-state index >= 15 is 0 Å². The zero-order valence-electron chi connectivity index (χ0n) is 30.0. The molecule has 0 bridgehead atoms. The third kappa shape index (κ3) is 7.21. The van der Waals surface area contributed by atoms with Crippen LogP contribution in [-0.4, -0.2) is 96.5 Å². The first-order chi connectivity index (χ1) is 24.6. The second kappa shape index (κ2) is 14.1. The van der Waals surface area contributed by atoms with E-state index in [1.54, 1.807) is 39.2 Å². The predicted molar refractivity (Wildman–Crippen MR) is 189 cm³/mol. The fourth-order valence-electron chi connectivity index (χ4n) is 7.26. The first-order valence-electron chi connectivity index (χ1n) is 17.7. The number of carbonyl (C=O) groups excluding carboxylic acids is 3. The minimum absolute atomic E-state index is 0.0112. The number of hydrogen-bond donors (Lipinski definition) is 4. The summed E-state index contributed by atoms with van der Waals surface area (Å²) in [6, 6.07) is 2.94. The quantitative estimate of drug-likeness (QED) is 0.290. The summed E-state index contributed by atoms with van der Waals surface area (Å²) in [5.74, 6) is -1.62. The molecular weight excluding hydrogens is 694 g/mol. The minimum atomic E-state index is -4.01. The first-order valence-corrected chi connectivity index (χ1v) is 19.1. The number of rotatable bonds is 8. The van der Waals surface area contributed by atoms with E-state index in [0.717, 1.165) is 6.42 Å². The smallest absolute Gasteiger partial charge is 0.405 e. The van der Waals surface area contributed by atoms with Gasteiger partial charge in [0.05, 0.1) is 31.7 Å². The van der Waals surface area contributed by atoms with E-state index in [0.29, 0.717) is 48.0 Å². The molecule has 282 valence electrons. The maximum atomic E-state index is 14.3. The average Bonchev–Trinajstić information content (AvgIpc) is 3.99. The maximum Gasteiger partial charge on any atom is 0.405 e. The maximum absolute atomic E-state index is 14.3. The van der Waals surface area contributed by atoms with Gasteiger partial charge in [-0.3, -0.25) is 19.1 Å². The van der Waals surface area contributed by atoms with Crippen LogP contribution < -0.4 is 29.6 Å². The van der Waals surface area contributed by atoms with E-state index in [4.69, 9.17) is 14.2 Å². The van der Waals surface area contributed by atoms with Gasteiger partial charge in [0.25, 0.3) is 5.91 Å². The van der Waals surface area contributed by atoms with Gasteiger partial charge in [-0.15, -0.1) is 0 Å². The van der Waals surface area contributed by atoms with Crippen LogP contribution in [0.2, 0.25) is 0 Å². The highest BCUT2D eigenvalue weighted by Gasteiger charge is 2.63. The Labute approximate surface area is 302 Å². The number of amides is 4. The van der Waals surface area contributed by atoms with Gasteiger partial charge >= 0.3 is 6.09 Å². The van der Waals surface area contributed by atoms with E-state index in [-0.39, 0.29) is 31.2 Å². The highest BCUT2D eigenvalue weighted by molar-refractivity contribution is 7.91. The monoisotopic (exact) mass is 741 g/mol. The zero-order chi connectivity index (χ0) is 37.6. The number of ether oxygens (including phenoxy) is 3. The largest absolute Gasteiger partial charge is 0.497 e. The Hall–Kier alpha value is -4.60. The molecule has 16 heteroatoms. The number of hydrogen-bond acceptors (Lipinski definition) is 10. The molecule has 2 aliphatic heterocycles. The lowest BCUT2D eigenvalue weighted by Gasteiger charge is -2.31. The van der Waals surface area contributed by atoms with Gasteiger partial charge in [-0.1, -0.05) is 32.4 Å². The van der Waals surface area contributed by atoms with Gasteiger partial charge in [-0.25, -0.2) is 18.2 Å². The summed E-state index contributed by atoms with van der Waals surface area (Å²) in [4.78, 5) is 60.2. The standard InChI is InChI=1S/C36H47N5O10S/c1-20-7-6-8-21(2)29(38-34(45)46)32(43)41-19-24(51-31-25-12-11-23(49-4)15-26(25)28(50-5)18-37-31)16-27(41)30(42)39-36(17-22(36)10-9-20)33(44)40-52(47,48)35(3)13-14-35/h9-12,15,18,20-22,24,27,29,38H,6-8,13-14,16-17,19H2,1-5H3,(H,39,42)(H,40,44)(H,45,46)/b10-9-/t20-,21-,22-,24-,27+,29+,36-/m1/s1. The summed E-state index contributed by atoms with van der Waals surface area (Å²) in [6.07, 6.45) is 6.14. The van der Waals surface area contributed by atoms with Gasteiger partial charge in [0.2, 0.25) is 27.7 Å². The van der Waals surface area contributed by atoms with Crippen molar-refractivity contribution in [3.63, 3.8) is 0 Å². The third-order valence-corrected chi connectivity index (χ3v) is 13.2. The van der Waals surface area contributed by atoms with Gasteiger partial charge in [-0.2, -0.15) is 0 Å². The van der Waals surface area contributed by atoms with Crippen LogP contribution >= 0.6 is 0 Å². The number of pyridine rings is 1. The number of methoxy groups -OCH3 is 2. The Balaban J connectivity index is 1.34. The number of nitrogens with one attached hydrogen (secondary N) is 3. The van der Waals surface area contributed by atoms with Crippen molar-refractivity contribution in [2.45, 2.75) is 94.2 Å². The van der Waals surface area contributed by atoms with Crippen LogP contribution in [0.5, 0.6) is 17.4 Å². The van der Waals surface area contributed by atoms with E-state index in [1.807, 2.05) is 19.1 Å². The Morgan fingerprint density at radius 1 is 1.08 bits per heavy atom. The van der Waals surface area contributed by atoms with Crippen LogP contribution in [0.4, 0.5) is 4.79 Å². The molecule has 1 aromatic heterocycles. The van der Waals surface area contributed by atoms with Crippen molar-refractivity contribution in [3.05, 3.63) is 36.5 Å². The van der Waals surface area contributed by atoms with Crippen LogP contribution in [-0.2, 0) is 24.4 Å². The number of carboxylic acid groups (broad SMARTS) is 1. The van der Waals surface area contributed by atoms with Gasteiger partial charge in [0.15, 0.2) is 0 Å². The number of aromatic nitrogens is 1. The molecule has 6 rings (SSSR count). The molecule has 4 amide bonds. The summed E-state index contributed by atoms with van der Waals surface area (Å²) in [7, 11) is -0.952. The first kappa shape index (κ1) is 37.2. The van der Waals surface area contributed by atoms with Gasteiger partial charge in [0, 0.05) is 23.1 Å². The lowest BCUT2D eigenvalue weighted by Crippen LogP contribution is -2.59. The van der Waals surface area contributed by atoms with Crippen LogP contribution in [0.15, 0.2) is 36.5 Å². The fraction of sp³-hybridized carbons (Fsp3) is 0.583. The van der Waals surface area contributed by atoms with Crippen LogP contribution in [0.3, 0.4) is 0 Å². The van der Waals surface area contributed by atoms with Gasteiger partial charge in [0.1, 0.15) is 35.2 Å². The fourth-order valence-corrected chi connectivity index (χ4v) is 8.57. The number of carbonyl (C=O) groups is 4. The Morgan fingerprint density at radius 3 is 2.50 bits per heavy atom. The molecule has 2 aliphatic carbocycles. The molecule has 1 saturated heterocycles. The van der Waals surface area contributed by atoms with E-state index in [1.165, 1.54) is 18.2 Å². The average molecular weight is 742 g/mol. The van der Waals surface area contributed by atoms with E-state index in [2.05, 4.69) is 20.3 Å². The van der Waals surface area contributed by atoms with Crippen molar-refractivity contribution < 1.29 is 46.9 Å². The second-order valence-electron chi connectivity index (χ2n) is 14.9. The molecule has 7 atom stereocenters. The van der Waals surface area contributed by atoms with Crippen molar-refractivity contribution in [2.75, 3.05) is 20.8 Å². The molecule has 2 aromatic rings. The Morgan fingerprint density at radius 2 is 1.83 bits per heavy atom. The summed E-state index contributed by atoms with van der Waals surface area (Å²) in [6.45, 7) is 5.29. The van der Waals surface area contributed by atoms with Gasteiger partial charge < -0.3 is 34.9 Å². The molecule has 3 heterocycles. The number of fused-ring (bicyclic) bond motifs is 3. The highest BCUT2D eigenvalue weighted by Crippen LogP contribution is 2.48. The SMILES string of the molecule is COc1ccc2c(O[C@@H]3C[C@H]4C(=O)N[C@]5(C(=O)NS(=O)(=O)C6(C)CC6)C[C@H]5/C=C\[C@H](C)CCC[C@@H](C)[C@H](NC(=O)O)C(=O)N4C3)ncc(OC)c2c1. The number of sulfonamides is 1. The van der Waals surface area contributed by atoms with Crippen LogP contribution in [0, 0.1) is 17.8 Å². The van der Waals surface area contributed by atoms with E-state index < -0.39 is 74.1 Å². The highest BCUT2D eigenvalue weighted by atomic mass is 32.2. The Kier molecular flexibility index (Phi) is 10.1. The molecule has 0 radical (unpaired) electrons. The van der Waals surface area contributed by atoms with Crippen LogP contribution in [0.25, 0.3) is 10.8 Å². The van der Waals surface area contributed by atoms with Gasteiger partial charge in [-0.05, 0) is 69.1 Å². The molecule has 3 fully saturated rings. The molecule has 1 aromatic carbocycles. The zero-order valence-corrected chi connectivity index (χ0v) is 30.8. The molecule has 4 N–H and O–H groups in total. The molecule has 4 aliphatic rings. The lowest BCUT2D eigenvalue weighted by atomic mass is 9.92.